The van der Waals surface area contributed by atoms with Gasteiger partial charge in [-0.15, -0.1) is 0 Å². The van der Waals surface area contributed by atoms with Crippen molar-refractivity contribution in [3.05, 3.63) is 83.0 Å². The maximum Gasteiger partial charge on any atom is 0.238 e. The number of aromatic nitrogens is 7. The highest BCUT2D eigenvalue weighted by atomic mass is 35.5. The molecule has 6 aromatic rings. The number of nitrogens with zero attached hydrogens (tertiary/aromatic N) is 7. The lowest BCUT2D eigenvalue weighted by Crippen LogP contribution is -2.33. The van der Waals surface area contributed by atoms with Crippen LogP contribution in [-0.4, -0.2) is 71.2 Å². The Morgan fingerprint density at radius 3 is 2.82 bits per heavy atom. The van der Waals surface area contributed by atoms with Crippen LogP contribution in [0.15, 0.2) is 60.9 Å². The third-order valence-electron chi connectivity index (χ3n) is 8.38. The molecule has 0 spiro atoms. The van der Waals surface area contributed by atoms with Crippen molar-refractivity contribution >= 4 is 51.8 Å². The number of carbonyl (C=O) groups is 1. The normalized spacial score (nSPS) is 14.8. The molecule has 1 aliphatic heterocycles. The van der Waals surface area contributed by atoms with Gasteiger partial charge in [0.2, 0.25) is 23.7 Å². The van der Waals surface area contributed by atoms with E-state index in [0.717, 1.165) is 33.4 Å². The zero-order chi connectivity index (χ0) is 34.2. The average molecular weight is 682 g/mol. The number of H-pyrrole nitrogens is 1. The van der Waals surface area contributed by atoms with Crippen LogP contribution in [0, 0.1) is 19.7 Å². The molecule has 49 heavy (non-hydrogen) atoms. The third-order valence-corrected chi connectivity index (χ3v) is 8.61. The summed E-state index contributed by atoms with van der Waals surface area (Å²) < 4.78 is 22.3. The van der Waals surface area contributed by atoms with E-state index in [1.807, 2.05) is 56.3 Å². The molecule has 4 aromatic heterocycles. The zero-order valence-electron chi connectivity index (χ0n) is 27.0. The van der Waals surface area contributed by atoms with Crippen molar-refractivity contribution in [1.82, 2.24) is 39.6 Å². The van der Waals surface area contributed by atoms with E-state index in [9.17, 15) is 9.18 Å². The first-order chi connectivity index (χ1) is 23.6. The van der Waals surface area contributed by atoms with E-state index in [4.69, 9.17) is 27.1 Å². The quantitative estimate of drug-likeness (QED) is 0.150. The molecule has 250 valence electrons. The molecule has 7 rings (SSSR count). The van der Waals surface area contributed by atoms with Crippen molar-refractivity contribution in [1.29, 1.82) is 0 Å². The summed E-state index contributed by atoms with van der Waals surface area (Å²) in [6.07, 6.45) is 4.09. The molecule has 0 radical (unpaired) electrons. The van der Waals surface area contributed by atoms with Crippen molar-refractivity contribution in [2.75, 3.05) is 36.0 Å². The number of para-hydroxylation sites is 1. The standard InChI is InChI=1S/C34H33ClFN11O2/c1-18-14-39-34(42-28-11-19(2)46(3)45-28)44-31(18)24-15-38-32-22(24)5-4-6-26(32)40-29(48)17-47-10-9-21(16-47)49-30-13-27(41-33(37)43-30)23-12-20(35)7-8-25(23)36/h4-8,11-15,21,38H,9-10,16-17H2,1-3H3,(H,40,48)(H2,37,41,43)(H,39,42,44,45). The first kappa shape index (κ1) is 32.0. The van der Waals surface area contributed by atoms with E-state index >= 15 is 0 Å². The highest BCUT2D eigenvalue weighted by Crippen LogP contribution is 2.34. The van der Waals surface area contributed by atoms with Crippen molar-refractivity contribution in [3.8, 4) is 28.4 Å². The number of hydrogen-bond acceptors (Lipinski definition) is 10. The molecule has 13 nitrogen and oxygen atoms in total. The Morgan fingerprint density at radius 1 is 1.14 bits per heavy atom. The van der Waals surface area contributed by atoms with E-state index in [-0.39, 0.29) is 41.6 Å². The topological polar surface area (TPSA) is 165 Å². The van der Waals surface area contributed by atoms with Gasteiger partial charge >= 0.3 is 0 Å². The highest BCUT2D eigenvalue weighted by molar-refractivity contribution is 6.30. The van der Waals surface area contributed by atoms with E-state index in [0.29, 0.717) is 42.0 Å². The van der Waals surface area contributed by atoms with Crippen LogP contribution in [-0.2, 0) is 11.8 Å². The first-order valence-corrected chi connectivity index (χ1v) is 16.0. The molecule has 1 aliphatic rings. The van der Waals surface area contributed by atoms with E-state index in [2.05, 4.69) is 35.7 Å². The number of carbonyl (C=O) groups excluding carboxylic acids is 1. The van der Waals surface area contributed by atoms with Gasteiger partial charge in [-0.2, -0.15) is 10.1 Å². The first-order valence-electron chi connectivity index (χ1n) is 15.6. The number of ether oxygens (including phenoxy) is 1. The summed E-state index contributed by atoms with van der Waals surface area (Å²) in [5.74, 6) is 0.622. The second kappa shape index (κ2) is 13.1. The number of hydrogen-bond donors (Lipinski definition) is 4. The van der Waals surface area contributed by atoms with Gasteiger partial charge in [0.15, 0.2) is 5.82 Å². The summed E-state index contributed by atoms with van der Waals surface area (Å²) in [6, 6.07) is 13.4. The van der Waals surface area contributed by atoms with E-state index < -0.39 is 5.82 Å². The maximum atomic E-state index is 14.5. The van der Waals surface area contributed by atoms with Crippen molar-refractivity contribution in [2.24, 2.45) is 7.05 Å². The van der Waals surface area contributed by atoms with Crippen LogP contribution in [0.2, 0.25) is 5.02 Å². The van der Waals surface area contributed by atoms with Crippen LogP contribution >= 0.6 is 11.6 Å². The van der Waals surface area contributed by atoms with Gasteiger partial charge in [-0.25, -0.2) is 19.3 Å². The van der Waals surface area contributed by atoms with Gasteiger partial charge in [-0.05, 0) is 50.1 Å². The second-order valence-electron chi connectivity index (χ2n) is 12.0. The van der Waals surface area contributed by atoms with Gasteiger partial charge in [0.25, 0.3) is 0 Å². The Balaban J connectivity index is 1.01. The maximum absolute atomic E-state index is 14.5. The monoisotopic (exact) mass is 681 g/mol. The number of aryl methyl sites for hydroxylation is 3. The minimum atomic E-state index is -0.486. The molecule has 5 heterocycles. The third kappa shape index (κ3) is 6.87. The average Bonchev–Trinajstić information content (AvgIpc) is 3.77. The van der Waals surface area contributed by atoms with Gasteiger partial charge in [0, 0.05) is 71.9 Å². The lowest BCUT2D eigenvalue weighted by atomic mass is 10.1. The molecule has 1 atom stereocenters. The summed E-state index contributed by atoms with van der Waals surface area (Å²) >= 11 is 6.06. The molecule has 2 aromatic carbocycles. The highest BCUT2D eigenvalue weighted by Gasteiger charge is 2.27. The van der Waals surface area contributed by atoms with Gasteiger partial charge < -0.3 is 26.1 Å². The number of rotatable bonds is 9. The predicted molar refractivity (Wildman–Crippen MR) is 186 cm³/mol. The van der Waals surface area contributed by atoms with Crippen LogP contribution in [0.3, 0.4) is 0 Å². The van der Waals surface area contributed by atoms with Gasteiger partial charge in [0.05, 0.1) is 29.1 Å². The fourth-order valence-electron chi connectivity index (χ4n) is 5.90. The van der Waals surface area contributed by atoms with E-state index in [1.54, 1.807) is 10.9 Å². The largest absolute Gasteiger partial charge is 0.473 e. The Labute approximate surface area is 285 Å². The zero-order valence-corrected chi connectivity index (χ0v) is 27.7. The number of halogens is 2. The molecule has 1 fully saturated rings. The van der Waals surface area contributed by atoms with Crippen LogP contribution < -0.4 is 21.1 Å². The van der Waals surface area contributed by atoms with Gasteiger partial charge in [0.1, 0.15) is 11.9 Å². The lowest BCUT2D eigenvalue weighted by molar-refractivity contribution is -0.117. The minimum Gasteiger partial charge on any atom is -0.473 e. The SMILES string of the molecule is Cc1cnc(Nc2cc(C)n(C)n2)nc1-c1c[nH]c2c(NC(=O)CN3CCC(Oc4cc(-c5cc(Cl)ccc5F)nc(N)n4)C3)cccc12. The molecule has 1 unspecified atom stereocenters. The van der Waals surface area contributed by atoms with Gasteiger partial charge in [-0.1, -0.05) is 23.7 Å². The molecule has 5 N–H and O–H groups in total. The molecule has 0 saturated carbocycles. The van der Waals surface area contributed by atoms with Crippen molar-refractivity contribution in [3.63, 3.8) is 0 Å². The second-order valence-corrected chi connectivity index (χ2v) is 12.4. The van der Waals surface area contributed by atoms with E-state index in [1.165, 1.54) is 24.3 Å². The number of anilines is 4. The summed E-state index contributed by atoms with van der Waals surface area (Å²) in [7, 11) is 1.88. The lowest BCUT2D eigenvalue weighted by Gasteiger charge is -2.17. The number of amides is 1. The van der Waals surface area contributed by atoms with Crippen LogP contribution in [0.25, 0.3) is 33.4 Å². The molecular formula is C34H33ClFN11O2. The van der Waals surface area contributed by atoms with Crippen LogP contribution in [0.1, 0.15) is 17.7 Å². The van der Waals surface area contributed by atoms with Gasteiger partial charge in [-0.3, -0.25) is 14.4 Å². The number of aromatic amines is 1. The Hall–Kier alpha value is -5.60. The molecule has 1 saturated heterocycles. The Morgan fingerprint density at radius 2 is 2.00 bits per heavy atom. The molecule has 1 amide bonds. The number of benzene rings is 2. The fraction of sp³-hybridized carbons (Fsp3) is 0.235. The summed E-state index contributed by atoms with van der Waals surface area (Å²) in [4.78, 5) is 36.1. The molecule has 15 heteroatoms. The minimum absolute atomic E-state index is 0.0470. The van der Waals surface area contributed by atoms with Crippen LogP contribution in [0.4, 0.5) is 27.8 Å². The smallest absolute Gasteiger partial charge is 0.238 e. The summed E-state index contributed by atoms with van der Waals surface area (Å²) in [6.45, 7) is 5.24. The van der Waals surface area contributed by atoms with Crippen LogP contribution in [0.5, 0.6) is 5.88 Å². The van der Waals surface area contributed by atoms with Crippen molar-refractivity contribution in [2.45, 2.75) is 26.4 Å². The molecule has 0 bridgehead atoms. The molecule has 0 aliphatic carbocycles. The number of nitrogen functional groups attached to an aromatic ring is 1. The number of nitrogens with two attached hydrogens (primary N) is 1. The predicted octanol–water partition coefficient (Wildman–Crippen LogP) is 5.64. The fourth-order valence-corrected chi connectivity index (χ4v) is 6.07. The number of nitrogens with one attached hydrogen (secondary N) is 3. The van der Waals surface area contributed by atoms with Crippen molar-refractivity contribution < 1.29 is 13.9 Å². The Kier molecular flexibility index (Phi) is 8.57. The number of fused-ring (bicyclic) bond motifs is 1. The summed E-state index contributed by atoms with van der Waals surface area (Å²) in [5, 5.41) is 12.0. The Bertz CT molecular complexity index is 2180. The molecular weight excluding hydrogens is 649 g/mol. The summed E-state index contributed by atoms with van der Waals surface area (Å²) in [5.41, 5.74) is 11.4. The number of likely N-dealkylation sites (tertiary alicyclic amines) is 1.